The summed E-state index contributed by atoms with van der Waals surface area (Å²) in [6, 6.07) is 0. The quantitative estimate of drug-likeness (QED) is 0.642. The van der Waals surface area contributed by atoms with Gasteiger partial charge in [-0.1, -0.05) is 15.9 Å². The van der Waals surface area contributed by atoms with E-state index in [-0.39, 0.29) is 5.92 Å². The van der Waals surface area contributed by atoms with E-state index in [4.69, 9.17) is 5.11 Å². The van der Waals surface area contributed by atoms with Gasteiger partial charge < -0.3 is 5.11 Å². The molecule has 0 aliphatic heterocycles. The van der Waals surface area contributed by atoms with E-state index in [1.807, 2.05) is 0 Å². The van der Waals surface area contributed by atoms with Gasteiger partial charge in [-0.15, -0.1) is 0 Å². The monoisotopic (exact) mass is 192 g/mol. The number of carboxylic acid groups (broad SMARTS) is 1. The smallest absolute Gasteiger partial charge is 0.306 e. The number of halogens is 1. The minimum atomic E-state index is -0.642. The number of hydrogen-bond donors (Lipinski definition) is 1. The molecule has 0 aromatic rings. The molecule has 3 heteroatoms. The summed E-state index contributed by atoms with van der Waals surface area (Å²) < 4.78 is 0. The third-order valence-electron chi connectivity index (χ3n) is 1.72. The van der Waals surface area contributed by atoms with Crippen molar-refractivity contribution >= 4 is 21.9 Å². The van der Waals surface area contributed by atoms with Crippen LogP contribution in [0.5, 0.6) is 0 Å². The Morgan fingerprint density at radius 1 is 1.56 bits per heavy atom. The van der Waals surface area contributed by atoms with Gasteiger partial charge in [0, 0.05) is 4.83 Å². The predicted octanol–water partition coefficient (Wildman–Crippen LogP) is 1.63. The number of hydrogen-bond acceptors (Lipinski definition) is 1. The minimum absolute atomic E-state index is 0.0885. The largest absolute Gasteiger partial charge is 0.481 e. The molecule has 0 bridgehead atoms. The maximum Gasteiger partial charge on any atom is 0.306 e. The zero-order chi connectivity index (χ0) is 6.85. The van der Waals surface area contributed by atoms with Crippen molar-refractivity contribution in [3.8, 4) is 0 Å². The number of aliphatic carboxylic acids is 1. The molecule has 1 saturated carbocycles. The minimum Gasteiger partial charge on any atom is -0.481 e. The van der Waals surface area contributed by atoms with E-state index in [0.717, 1.165) is 19.3 Å². The van der Waals surface area contributed by atoms with Crippen LogP contribution in [0.25, 0.3) is 0 Å². The van der Waals surface area contributed by atoms with Gasteiger partial charge in [0.25, 0.3) is 0 Å². The van der Waals surface area contributed by atoms with E-state index in [0.29, 0.717) is 4.83 Å². The van der Waals surface area contributed by atoms with Crippen LogP contribution in [-0.2, 0) is 4.79 Å². The molecule has 0 aromatic carbocycles. The van der Waals surface area contributed by atoms with Gasteiger partial charge in [0.05, 0.1) is 5.92 Å². The van der Waals surface area contributed by atoms with Crippen molar-refractivity contribution in [3.05, 3.63) is 0 Å². The first-order valence-electron chi connectivity index (χ1n) is 3.07. The van der Waals surface area contributed by atoms with Crippen molar-refractivity contribution in [2.75, 3.05) is 0 Å². The van der Waals surface area contributed by atoms with Crippen LogP contribution in [0.15, 0.2) is 0 Å². The highest BCUT2D eigenvalue weighted by molar-refractivity contribution is 9.09. The normalized spacial score (nSPS) is 34.8. The Kier molecular flexibility index (Phi) is 2.11. The summed E-state index contributed by atoms with van der Waals surface area (Å²) in [6.45, 7) is 0. The lowest BCUT2D eigenvalue weighted by Gasteiger charge is -1.98. The first kappa shape index (κ1) is 7.06. The number of carboxylic acids is 1. The first-order chi connectivity index (χ1) is 4.20. The topological polar surface area (TPSA) is 37.3 Å². The molecule has 9 heavy (non-hydrogen) atoms. The van der Waals surface area contributed by atoms with Gasteiger partial charge in [-0.2, -0.15) is 0 Å². The molecule has 2 atom stereocenters. The Balaban J connectivity index is 2.39. The van der Waals surface area contributed by atoms with Crippen molar-refractivity contribution in [2.24, 2.45) is 5.92 Å². The second-order valence-electron chi connectivity index (χ2n) is 2.45. The van der Waals surface area contributed by atoms with E-state index in [2.05, 4.69) is 15.9 Å². The van der Waals surface area contributed by atoms with Gasteiger partial charge >= 0.3 is 5.97 Å². The highest BCUT2D eigenvalue weighted by Gasteiger charge is 2.27. The molecule has 2 nitrogen and oxygen atoms in total. The molecule has 0 amide bonds. The second kappa shape index (κ2) is 2.69. The third-order valence-corrected chi connectivity index (χ3v) is 2.55. The van der Waals surface area contributed by atoms with Gasteiger partial charge in [-0.3, -0.25) is 4.79 Å². The van der Waals surface area contributed by atoms with E-state index in [1.165, 1.54) is 0 Å². The van der Waals surface area contributed by atoms with Gasteiger partial charge in [0.2, 0.25) is 0 Å². The predicted molar refractivity (Wildman–Crippen MR) is 37.7 cm³/mol. The van der Waals surface area contributed by atoms with Gasteiger partial charge in [-0.25, -0.2) is 0 Å². The van der Waals surface area contributed by atoms with Crippen LogP contribution in [0.2, 0.25) is 0 Å². The molecule has 1 fully saturated rings. The van der Waals surface area contributed by atoms with Crippen molar-refractivity contribution in [2.45, 2.75) is 24.1 Å². The Labute approximate surface area is 62.4 Å². The summed E-state index contributed by atoms with van der Waals surface area (Å²) in [7, 11) is 0. The molecule has 1 N–H and O–H groups in total. The SMILES string of the molecule is O=C(O)[C@H]1CC[C@@H](Br)C1. The Hall–Kier alpha value is -0.0500. The van der Waals surface area contributed by atoms with Crippen LogP contribution in [0, 0.1) is 5.92 Å². The summed E-state index contributed by atoms with van der Waals surface area (Å²) in [5.41, 5.74) is 0. The third kappa shape index (κ3) is 1.68. The summed E-state index contributed by atoms with van der Waals surface area (Å²) in [5, 5.41) is 8.51. The number of carbonyl (C=O) groups is 1. The summed E-state index contributed by atoms with van der Waals surface area (Å²) in [4.78, 5) is 10.8. The van der Waals surface area contributed by atoms with Gasteiger partial charge in [-0.05, 0) is 19.3 Å². The maximum absolute atomic E-state index is 10.3. The first-order valence-corrected chi connectivity index (χ1v) is 3.98. The standard InChI is InChI=1S/C6H9BrO2/c7-5-2-1-4(3-5)6(8)9/h4-5H,1-3H2,(H,8,9)/t4-,5+/m0/s1. The second-order valence-corrected chi connectivity index (χ2v) is 3.74. The fourth-order valence-corrected chi connectivity index (χ4v) is 1.87. The highest BCUT2D eigenvalue weighted by atomic mass is 79.9. The van der Waals surface area contributed by atoms with Crippen molar-refractivity contribution < 1.29 is 9.90 Å². The lowest BCUT2D eigenvalue weighted by atomic mass is 10.1. The van der Waals surface area contributed by atoms with E-state index >= 15 is 0 Å². The molecule has 0 aromatic heterocycles. The van der Waals surface area contributed by atoms with Crippen molar-refractivity contribution in [1.29, 1.82) is 0 Å². The van der Waals surface area contributed by atoms with Crippen LogP contribution < -0.4 is 0 Å². The molecule has 52 valence electrons. The lowest BCUT2D eigenvalue weighted by molar-refractivity contribution is -0.141. The molecular weight excluding hydrogens is 184 g/mol. The van der Waals surface area contributed by atoms with E-state index in [1.54, 1.807) is 0 Å². The van der Waals surface area contributed by atoms with Crippen LogP contribution in [-0.4, -0.2) is 15.9 Å². The molecule has 0 saturated heterocycles. The van der Waals surface area contributed by atoms with Crippen LogP contribution in [0.1, 0.15) is 19.3 Å². The van der Waals surface area contributed by atoms with Crippen LogP contribution in [0.3, 0.4) is 0 Å². The molecule has 0 radical (unpaired) electrons. The molecule has 1 aliphatic carbocycles. The molecule has 0 unspecified atom stereocenters. The summed E-state index contributed by atoms with van der Waals surface area (Å²) in [5.74, 6) is -0.730. The van der Waals surface area contributed by atoms with E-state index in [9.17, 15) is 4.79 Å². The zero-order valence-electron chi connectivity index (χ0n) is 5.01. The Morgan fingerprint density at radius 3 is 2.44 bits per heavy atom. The van der Waals surface area contributed by atoms with Crippen molar-refractivity contribution in [1.82, 2.24) is 0 Å². The Bertz CT molecular complexity index is 124. The van der Waals surface area contributed by atoms with Crippen LogP contribution in [0.4, 0.5) is 0 Å². The molecule has 1 rings (SSSR count). The van der Waals surface area contributed by atoms with Gasteiger partial charge in [0.1, 0.15) is 0 Å². The molecule has 0 spiro atoms. The zero-order valence-corrected chi connectivity index (χ0v) is 6.60. The highest BCUT2D eigenvalue weighted by Crippen LogP contribution is 2.30. The van der Waals surface area contributed by atoms with Crippen LogP contribution >= 0.6 is 15.9 Å². The van der Waals surface area contributed by atoms with Gasteiger partial charge in [0.15, 0.2) is 0 Å². The summed E-state index contributed by atoms with van der Waals surface area (Å²) >= 11 is 3.38. The average molecular weight is 193 g/mol. The maximum atomic E-state index is 10.3. The molecule has 1 aliphatic rings. The lowest BCUT2D eigenvalue weighted by Crippen LogP contribution is -2.09. The summed E-state index contributed by atoms with van der Waals surface area (Å²) in [6.07, 6.45) is 2.65. The number of alkyl halides is 1. The fraction of sp³-hybridized carbons (Fsp3) is 0.833. The number of rotatable bonds is 1. The van der Waals surface area contributed by atoms with E-state index < -0.39 is 5.97 Å². The molecule has 0 heterocycles. The average Bonchev–Trinajstić information content (AvgIpc) is 2.14. The Morgan fingerprint density at radius 2 is 2.22 bits per heavy atom. The molecular formula is C6H9BrO2. The van der Waals surface area contributed by atoms with Crippen molar-refractivity contribution in [3.63, 3.8) is 0 Å². The fourth-order valence-electron chi connectivity index (χ4n) is 1.15.